The van der Waals surface area contributed by atoms with Crippen LogP contribution in [0.25, 0.3) is 32.9 Å². The molecule has 3 fully saturated rings. The molecule has 2 unspecified atom stereocenters. The minimum atomic E-state index is -0.897. The van der Waals surface area contributed by atoms with Crippen molar-refractivity contribution in [3.05, 3.63) is 60.4 Å². The molecule has 9 nitrogen and oxygen atoms in total. The van der Waals surface area contributed by atoms with Gasteiger partial charge in [-0.1, -0.05) is 36.4 Å². The maximum absolute atomic E-state index is 17.0. The van der Waals surface area contributed by atoms with Crippen LogP contribution >= 0.6 is 0 Å². The molecule has 3 saturated heterocycles. The van der Waals surface area contributed by atoms with Crippen LogP contribution < -0.4 is 15.0 Å². The molecule has 0 aliphatic carbocycles. The average Bonchev–Trinajstić information content (AvgIpc) is 3.03. The first-order valence-electron chi connectivity index (χ1n) is 16.3. The minimum Gasteiger partial charge on any atom is -0.450 e. The fraction of sp³-hybridized carbons (Fsp3) is 0.457. The van der Waals surface area contributed by atoms with Crippen LogP contribution in [0.1, 0.15) is 44.6 Å². The molecule has 248 valence electrons. The second kappa shape index (κ2) is 11.9. The van der Waals surface area contributed by atoms with Crippen LogP contribution in [-0.2, 0) is 11.2 Å². The third kappa shape index (κ3) is 5.51. The molecule has 0 saturated carbocycles. The Labute approximate surface area is 266 Å². The van der Waals surface area contributed by atoms with Gasteiger partial charge in [0.1, 0.15) is 23.2 Å². The number of halogens is 2. The second-order valence-corrected chi connectivity index (χ2v) is 13.4. The van der Waals surface area contributed by atoms with Crippen LogP contribution in [0.4, 0.5) is 19.4 Å². The fourth-order valence-electron chi connectivity index (χ4n) is 7.87. The first-order chi connectivity index (χ1) is 22.3. The number of pyridine rings is 1. The van der Waals surface area contributed by atoms with E-state index in [1.165, 1.54) is 0 Å². The van der Waals surface area contributed by atoms with Crippen LogP contribution in [0.2, 0.25) is 0 Å². The number of amides is 1. The number of aromatic nitrogens is 3. The Bertz CT molecular complexity index is 1810. The van der Waals surface area contributed by atoms with Crippen molar-refractivity contribution in [2.75, 3.05) is 37.7 Å². The molecular formula is C35H37CmF2N6O3-. The predicted octanol–water partition coefficient (Wildman–Crippen LogP) is 5.99. The van der Waals surface area contributed by atoms with Crippen molar-refractivity contribution in [1.82, 2.24) is 25.2 Å². The van der Waals surface area contributed by atoms with E-state index in [0.29, 0.717) is 62.1 Å². The average molecular weight is 875 g/mol. The second-order valence-electron chi connectivity index (χ2n) is 13.4. The standard InChI is InChI=1S/C35H37F2N6O3.Cm/c1-35-13-6-15-43(20-35)31-26-18-38-29(25-12-3-9-21-7-2-8-22(27(21)25)11-5-16-45-34(44)41-35)28(37)30(26)39-33(40-31)46-32-23-10-4-14-42(32)19-24(36)17-23;/h2-3,6-9,12,18,23-24,32H,4-5,10-11,13-17,19-20H2,1H3,(H,41,44);/q-1;/t23-,24-,32?,35+;/m1./s1. The summed E-state index contributed by atoms with van der Waals surface area (Å²) < 4.78 is 43.6. The number of rotatable bonds is 2. The molecular weight excluding hydrogens is 837 g/mol. The number of carbonyl (C=O) groups excluding carboxylic acids is 1. The number of carbonyl (C=O) groups is 1. The molecule has 4 aromatic rings. The van der Waals surface area contributed by atoms with Gasteiger partial charge in [-0.3, -0.25) is 9.88 Å². The topological polar surface area (TPSA) is 92.7 Å². The van der Waals surface area contributed by atoms with Crippen LogP contribution in [0.3, 0.4) is 0 Å². The first-order valence-corrected chi connectivity index (χ1v) is 16.3. The van der Waals surface area contributed by atoms with E-state index in [0.717, 1.165) is 35.7 Å². The molecule has 47 heavy (non-hydrogen) atoms. The molecule has 5 aliphatic heterocycles. The number of piperidine rings is 3. The van der Waals surface area contributed by atoms with Crippen molar-refractivity contribution in [2.45, 2.75) is 63.4 Å². The van der Waals surface area contributed by atoms with Crippen molar-refractivity contribution >= 4 is 33.6 Å². The number of hydrogen-bond acceptors (Lipinski definition) is 8. The third-order valence-corrected chi connectivity index (χ3v) is 9.90. The quantitative estimate of drug-likeness (QED) is 0.246. The summed E-state index contributed by atoms with van der Waals surface area (Å²) in [5, 5.41) is 5.38. The zero-order valence-electron chi connectivity index (χ0n) is 26.2. The van der Waals surface area contributed by atoms with E-state index in [4.69, 9.17) is 24.4 Å². The monoisotopic (exact) mass is 870 g/mol. The molecule has 1 amide bonds. The fourth-order valence-corrected chi connectivity index (χ4v) is 7.87. The smallest absolute Gasteiger partial charge is 0.407 e. The van der Waals surface area contributed by atoms with Gasteiger partial charge in [0, 0.05) is 42.9 Å². The van der Waals surface area contributed by atoms with Crippen LogP contribution in [0.15, 0.2) is 42.6 Å². The number of anilines is 1. The van der Waals surface area contributed by atoms with Crippen molar-refractivity contribution in [2.24, 2.45) is 5.92 Å². The number of benzene rings is 2. The number of nitrogens with zero attached hydrogens (tertiary/aromatic N) is 5. The molecule has 1 N–H and O–H groups in total. The largest absolute Gasteiger partial charge is 0.450 e. The normalized spacial score (nSPS) is 27.6. The molecule has 5 aliphatic rings. The van der Waals surface area contributed by atoms with Gasteiger partial charge in [0.15, 0.2) is 12.0 Å². The number of ether oxygens (including phenoxy) is 2. The van der Waals surface area contributed by atoms with Crippen molar-refractivity contribution in [3.8, 4) is 17.3 Å². The minimum absolute atomic E-state index is 0. The number of nitrogens with one attached hydrogen (secondary N) is 1. The molecule has 7 heterocycles. The Morgan fingerprint density at radius 1 is 1.17 bits per heavy atom. The van der Waals surface area contributed by atoms with Gasteiger partial charge in [-0.25, -0.2) is 13.6 Å². The Morgan fingerprint density at radius 2 is 2.02 bits per heavy atom. The summed E-state index contributed by atoms with van der Waals surface area (Å²) in [6, 6.07) is 11.9. The van der Waals surface area contributed by atoms with E-state index in [2.05, 4.69) is 11.7 Å². The van der Waals surface area contributed by atoms with Gasteiger partial charge in [0.2, 0.25) is 0 Å². The SMILES string of the molecule is C[C@]12C[CH-]CN(C1)c1nc(OC3[C@@H]4CCCN3C[C@H](F)C4)nc3c(F)c(ncc13)-c1cccc3cccc(c13)CCCOC(=O)N2.[Cm]. The van der Waals surface area contributed by atoms with Gasteiger partial charge in [-0.05, 0) is 55.4 Å². The molecule has 0 radical (unpaired) electrons. The summed E-state index contributed by atoms with van der Waals surface area (Å²) in [7, 11) is 0. The maximum atomic E-state index is 17.0. The summed E-state index contributed by atoms with van der Waals surface area (Å²) in [5.41, 5.74) is 1.34. The van der Waals surface area contributed by atoms with Crippen molar-refractivity contribution in [3.63, 3.8) is 0 Å². The third-order valence-electron chi connectivity index (χ3n) is 9.90. The van der Waals surface area contributed by atoms with Crippen molar-refractivity contribution in [1.29, 1.82) is 0 Å². The summed E-state index contributed by atoms with van der Waals surface area (Å²) in [4.78, 5) is 31.2. The number of aryl methyl sites for hydroxylation is 1. The maximum Gasteiger partial charge on any atom is 0.407 e. The summed E-state index contributed by atoms with van der Waals surface area (Å²) in [5.74, 6) is -0.0768. The van der Waals surface area contributed by atoms with Gasteiger partial charge in [-0.2, -0.15) is 16.4 Å². The first kappa shape index (κ1) is 30.5. The zero-order chi connectivity index (χ0) is 31.4. The van der Waals surface area contributed by atoms with Gasteiger partial charge in [0.05, 0.1) is 12.0 Å². The van der Waals surface area contributed by atoms with E-state index < -0.39 is 23.6 Å². The summed E-state index contributed by atoms with van der Waals surface area (Å²) in [6.07, 6.45) is 6.10. The Hall–Kier alpha value is -5.12. The molecule has 9 rings (SSSR count). The number of alkyl carbamates (subject to hydrolysis) is 1. The van der Waals surface area contributed by atoms with Gasteiger partial charge in [-0.15, -0.1) is 6.54 Å². The van der Waals surface area contributed by atoms with Gasteiger partial charge in [0.25, 0.3) is 0 Å². The predicted molar refractivity (Wildman–Crippen MR) is 171 cm³/mol. The molecule has 2 aromatic heterocycles. The number of hydrogen-bond donors (Lipinski definition) is 1. The number of alkyl halides is 1. The number of fused-ring (bicyclic) bond motifs is 8. The van der Waals surface area contributed by atoms with Crippen LogP contribution in [0, 0.1) is 18.2 Å². The van der Waals surface area contributed by atoms with E-state index in [1.807, 2.05) is 53.1 Å². The van der Waals surface area contributed by atoms with Gasteiger partial charge >= 0.3 is 12.1 Å². The Balaban J connectivity index is 0.00000351. The van der Waals surface area contributed by atoms with Crippen LogP contribution in [-0.4, -0.2) is 76.7 Å². The summed E-state index contributed by atoms with van der Waals surface area (Å²) in [6.45, 7) is 4.17. The summed E-state index contributed by atoms with van der Waals surface area (Å²) >= 11 is 0. The molecule has 0 spiro atoms. The van der Waals surface area contributed by atoms with E-state index in [9.17, 15) is 9.18 Å². The Kier molecular flexibility index (Phi) is 7.74. The van der Waals surface area contributed by atoms with Crippen molar-refractivity contribution < 1.29 is 23.0 Å². The van der Waals surface area contributed by atoms with E-state index >= 15 is 4.39 Å². The Morgan fingerprint density at radius 3 is 2.87 bits per heavy atom. The molecule has 5 atom stereocenters. The zero-order valence-corrected chi connectivity index (χ0v) is 29.1. The van der Waals surface area contributed by atoms with Gasteiger partial charge < -0.3 is 26.1 Å². The van der Waals surface area contributed by atoms with E-state index in [-0.39, 0.29) is 36.0 Å². The van der Waals surface area contributed by atoms with E-state index in [1.54, 1.807) is 6.20 Å². The molecule has 8 bridgehead atoms. The van der Waals surface area contributed by atoms with Crippen LogP contribution in [0.5, 0.6) is 6.01 Å². The molecule has 12 heteroatoms. The molecule has 2 aromatic carbocycles.